The second-order valence-electron chi connectivity index (χ2n) is 7.48. The number of pyridine rings is 1. The molecule has 0 saturated heterocycles. The van der Waals surface area contributed by atoms with Gasteiger partial charge in [0.05, 0.1) is 22.8 Å². The number of anilines is 1. The van der Waals surface area contributed by atoms with Gasteiger partial charge in [-0.15, -0.1) is 0 Å². The van der Waals surface area contributed by atoms with Gasteiger partial charge in [0.15, 0.2) is 0 Å². The average Bonchev–Trinajstić information content (AvgIpc) is 3.19. The van der Waals surface area contributed by atoms with Crippen LogP contribution in [0.25, 0.3) is 22.0 Å². The number of nitrogens with zero attached hydrogens (tertiary/aromatic N) is 4. The predicted molar refractivity (Wildman–Crippen MR) is 126 cm³/mol. The lowest BCUT2D eigenvalue weighted by atomic mass is 10.0. The zero-order valence-corrected chi connectivity index (χ0v) is 19.0. The summed E-state index contributed by atoms with van der Waals surface area (Å²) in [5.74, 6) is 0.861. The molecule has 0 saturated carbocycles. The van der Waals surface area contributed by atoms with E-state index in [9.17, 15) is 13.2 Å². The monoisotopic (exact) mass is 463 g/mol. The number of nitriles is 1. The van der Waals surface area contributed by atoms with Crippen LogP contribution in [-0.4, -0.2) is 28.5 Å². The number of nitrogens with one attached hydrogen (secondary N) is 1. The standard InChI is InChI=1S/C23H21N5O4S/c1-4-33(30,31)26-16-7-10-21(32-17-8-5-15(12-24)6-9-17)18(11-16)19-13-27(2)23(29)20-14-28(3)25-22(19)20/h5-11,13-14,26H,4H2,1-3H3. The smallest absolute Gasteiger partial charge is 0.261 e. The second-order valence-corrected chi connectivity index (χ2v) is 9.49. The fraction of sp³-hybridized carbons (Fsp3) is 0.174. The van der Waals surface area contributed by atoms with Gasteiger partial charge in [0, 0.05) is 43.3 Å². The van der Waals surface area contributed by atoms with E-state index >= 15 is 0 Å². The van der Waals surface area contributed by atoms with Crippen molar-refractivity contribution >= 4 is 26.6 Å². The molecule has 9 nitrogen and oxygen atoms in total. The molecule has 0 aliphatic rings. The number of hydrogen-bond acceptors (Lipinski definition) is 6. The fourth-order valence-corrected chi connectivity index (χ4v) is 4.04. The van der Waals surface area contributed by atoms with E-state index in [1.807, 2.05) is 0 Å². The Labute approximate surface area is 190 Å². The average molecular weight is 464 g/mol. The largest absolute Gasteiger partial charge is 0.457 e. The Balaban J connectivity index is 1.92. The molecule has 2 heterocycles. The van der Waals surface area contributed by atoms with Crippen molar-refractivity contribution in [3.63, 3.8) is 0 Å². The molecule has 4 aromatic rings. The number of rotatable bonds is 6. The van der Waals surface area contributed by atoms with Gasteiger partial charge in [0.1, 0.15) is 17.0 Å². The van der Waals surface area contributed by atoms with Gasteiger partial charge in [-0.2, -0.15) is 10.4 Å². The van der Waals surface area contributed by atoms with E-state index in [1.165, 1.54) is 4.57 Å². The third-order valence-electron chi connectivity index (χ3n) is 5.09. The number of aromatic nitrogens is 3. The molecule has 0 aliphatic heterocycles. The number of benzene rings is 2. The third-order valence-corrected chi connectivity index (χ3v) is 6.40. The highest BCUT2D eigenvalue weighted by Gasteiger charge is 2.18. The van der Waals surface area contributed by atoms with Crippen molar-refractivity contribution in [1.82, 2.24) is 14.3 Å². The van der Waals surface area contributed by atoms with Gasteiger partial charge >= 0.3 is 0 Å². The van der Waals surface area contributed by atoms with E-state index in [-0.39, 0.29) is 11.3 Å². The molecule has 0 radical (unpaired) electrons. The topological polar surface area (TPSA) is 119 Å². The molecule has 0 amide bonds. The highest BCUT2D eigenvalue weighted by Crippen LogP contribution is 2.38. The van der Waals surface area contributed by atoms with Crippen LogP contribution >= 0.6 is 0 Å². The molecule has 2 aromatic heterocycles. The highest BCUT2D eigenvalue weighted by atomic mass is 32.2. The fourth-order valence-electron chi connectivity index (χ4n) is 3.41. The molecule has 0 fully saturated rings. The Kier molecular flexibility index (Phi) is 5.66. The van der Waals surface area contributed by atoms with Gasteiger partial charge in [-0.1, -0.05) is 0 Å². The van der Waals surface area contributed by atoms with E-state index in [2.05, 4.69) is 15.9 Å². The van der Waals surface area contributed by atoms with Gasteiger partial charge in [0.25, 0.3) is 5.56 Å². The van der Waals surface area contributed by atoms with Crippen molar-refractivity contribution in [3.05, 3.63) is 70.8 Å². The highest BCUT2D eigenvalue weighted by molar-refractivity contribution is 7.92. The zero-order chi connectivity index (χ0) is 23.8. The van der Waals surface area contributed by atoms with Gasteiger partial charge in [-0.3, -0.25) is 14.2 Å². The summed E-state index contributed by atoms with van der Waals surface area (Å²) in [5.41, 5.74) is 2.29. The van der Waals surface area contributed by atoms with Crippen LogP contribution in [0, 0.1) is 11.3 Å². The molecular formula is C23H21N5O4S. The molecule has 2 aromatic carbocycles. The molecule has 0 spiro atoms. The summed E-state index contributed by atoms with van der Waals surface area (Å²) in [7, 11) is -0.133. The molecule has 0 aliphatic carbocycles. The van der Waals surface area contributed by atoms with Crippen LogP contribution in [0.4, 0.5) is 5.69 Å². The lowest BCUT2D eigenvalue weighted by Gasteiger charge is -2.15. The van der Waals surface area contributed by atoms with Crippen molar-refractivity contribution in [2.45, 2.75) is 6.92 Å². The first-order valence-electron chi connectivity index (χ1n) is 10.1. The Morgan fingerprint density at radius 1 is 1.09 bits per heavy atom. The van der Waals surface area contributed by atoms with E-state index in [1.54, 1.807) is 80.6 Å². The first-order valence-corrected chi connectivity index (χ1v) is 11.7. The van der Waals surface area contributed by atoms with E-state index in [0.29, 0.717) is 44.8 Å². The second kappa shape index (κ2) is 8.44. The Hall–Kier alpha value is -4.10. The summed E-state index contributed by atoms with van der Waals surface area (Å²) in [6.45, 7) is 1.55. The van der Waals surface area contributed by atoms with Crippen LogP contribution in [0.3, 0.4) is 0 Å². The van der Waals surface area contributed by atoms with E-state index in [4.69, 9.17) is 10.00 Å². The Morgan fingerprint density at radius 2 is 1.82 bits per heavy atom. The van der Waals surface area contributed by atoms with Gasteiger partial charge in [-0.05, 0) is 49.4 Å². The summed E-state index contributed by atoms with van der Waals surface area (Å²) in [5, 5.41) is 13.9. The van der Waals surface area contributed by atoms with Gasteiger partial charge in [-0.25, -0.2) is 8.42 Å². The molecule has 0 atom stereocenters. The minimum Gasteiger partial charge on any atom is -0.457 e. The first-order chi connectivity index (χ1) is 15.7. The Morgan fingerprint density at radius 3 is 2.48 bits per heavy atom. The lowest BCUT2D eigenvalue weighted by Crippen LogP contribution is -2.16. The molecule has 33 heavy (non-hydrogen) atoms. The third kappa shape index (κ3) is 4.44. The number of aryl methyl sites for hydroxylation is 2. The zero-order valence-electron chi connectivity index (χ0n) is 18.2. The molecular weight excluding hydrogens is 442 g/mol. The summed E-state index contributed by atoms with van der Waals surface area (Å²) in [6, 6.07) is 13.6. The van der Waals surface area contributed by atoms with Crippen molar-refractivity contribution < 1.29 is 13.2 Å². The maximum absolute atomic E-state index is 12.6. The van der Waals surface area contributed by atoms with Crippen molar-refractivity contribution in [2.24, 2.45) is 14.1 Å². The van der Waals surface area contributed by atoms with Crippen LogP contribution in [0.15, 0.2) is 59.7 Å². The van der Waals surface area contributed by atoms with Crippen molar-refractivity contribution in [3.8, 4) is 28.7 Å². The van der Waals surface area contributed by atoms with Crippen molar-refractivity contribution in [2.75, 3.05) is 10.5 Å². The molecule has 10 heteroatoms. The number of ether oxygens (including phenoxy) is 1. The number of sulfonamides is 1. The lowest BCUT2D eigenvalue weighted by molar-refractivity contribution is 0.484. The van der Waals surface area contributed by atoms with E-state index in [0.717, 1.165) is 0 Å². The van der Waals surface area contributed by atoms with Gasteiger partial charge < -0.3 is 9.30 Å². The molecule has 1 N–H and O–H groups in total. The van der Waals surface area contributed by atoms with E-state index < -0.39 is 10.0 Å². The first kappa shape index (κ1) is 22.1. The van der Waals surface area contributed by atoms with Crippen molar-refractivity contribution in [1.29, 1.82) is 5.26 Å². The summed E-state index contributed by atoms with van der Waals surface area (Å²) in [4.78, 5) is 12.6. The number of fused-ring (bicyclic) bond motifs is 1. The maximum Gasteiger partial charge on any atom is 0.261 e. The molecule has 4 rings (SSSR count). The number of hydrogen-bond donors (Lipinski definition) is 1. The maximum atomic E-state index is 12.6. The quantitative estimate of drug-likeness (QED) is 0.468. The van der Waals surface area contributed by atoms with Crippen LogP contribution < -0.4 is 15.0 Å². The van der Waals surface area contributed by atoms with Crippen LogP contribution in [0.2, 0.25) is 0 Å². The van der Waals surface area contributed by atoms with Crippen LogP contribution in [0.1, 0.15) is 12.5 Å². The molecule has 168 valence electrons. The SMILES string of the molecule is CCS(=O)(=O)Nc1ccc(Oc2ccc(C#N)cc2)c(-c2cn(C)c(=O)c3cn(C)nc23)c1. The minimum absolute atomic E-state index is 0.0733. The van der Waals surface area contributed by atoms with Crippen LogP contribution in [-0.2, 0) is 24.1 Å². The molecule has 0 bridgehead atoms. The normalized spacial score (nSPS) is 11.3. The Bertz CT molecular complexity index is 1560. The summed E-state index contributed by atoms with van der Waals surface area (Å²) >= 11 is 0. The summed E-state index contributed by atoms with van der Waals surface area (Å²) < 4.78 is 35.9. The summed E-state index contributed by atoms with van der Waals surface area (Å²) in [6.07, 6.45) is 3.29. The predicted octanol–water partition coefficient (Wildman–Crippen LogP) is 3.36. The van der Waals surface area contributed by atoms with Gasteiger partial charge in [0.2, 0.25) is 10.0 Å². The minimum atomic E-state index is -3.50. The molecule has 0 unspecified atom stereocenters. The van der Waals surface area contributed by atoms with Crippen LogP contribution in [0.5, 0.6) is 11.5 Å².